The lowest BCUT2D eigenvalue weighted by molar-refractivity contribution is -0.132. The largest absolute Gasteiger partial charge is 0.478 e. The van der Waals surface area contributed by atoms with Gasteiger partial charge in [-0.15, -0.1) is 0 Å². The summed E-state index contributed by atoms with van der Waals surface area (Å²) in [5.41, 5.74) is 0.130. The van der Waals surface area contributed by atoms with Crippen LogP contribution in [0, 0.1) is 0 Å². The van der Waals surface area contributed by atoms with Crippen molar-refractivity contribution in [2.24, 2.45) is 0 Å². The summed E-state index contributed by atoms with van der Waals surface area (Å²) in [6, 6.07) is 5.72. The number of carbonyl (C=O) groups is 2. The van der Waals surface area contributed by atoms with Crippen LogP contribution >= 0.6 is 0 Å². The third-order valence-electron chi connectivity index (χ3n) is 2.98. The van der Waals surface area contributed by atoms with E-state index in [-0.39, 0.29) is 17.2 Å². The van der Waals surface area contributed by atoms with Gasteiger partial charge in [0.05, 0.1) is 29.6 Å². The Bertz CT molecular complexity index is 522. The number of rotatable bonds is 4. The van der Waals surface area contributed by atoms with E-state index in [0.29, 0.717) is 31.2 Å². The number of carboxylic acid groups (broad SMARTS) is 1. The van der Waals surface area contributed by atoms with Gasteiger partial charge < -0.3 is 14.7 Å². The average molecular weight is 297 g/mol. The Morgan fingerprint density at radius 3 is 2.35 bits per heavy atom. The van der Waals surface area contributed by atoms with E-state index < -0.39 is 16.8 Å². The Morgan fingerprint density at radius 1 is 1.20 bits per heavy atom. The van der Waals surface area contributed by atoms with Crippen LogP contribution in [0.1, 0.15) is 10.4 Å². The maximum atomic E-state index is 12.1. The van der Waals surface area contributed by atoms with Gasteiger partial charge in [0.25, 0.3) is 0 Å². The molecule has 7 heteroatoms. The molecule has 1 N–H and O–H groups in total. The number of aromatic carboxylic acids is 1. The van der Waals surface area contributed by atoms with Crippen molar-refractivity contribution in [3.05, 3.63) is 29.8 Å². The maximum absolute atomic E-state index is 12.1. The summed E-state index contributed by atoms with van der Waals surface area (Å²) in [5.74, 6) is -1.30. The third-order valence-corrected chi connectivity index (χ3v) is 4.29. The molecule has 1 saturated heterocycles. The molecular weight excluding hydrogens is 282 g/mol. The van der Waals surface area contributed by atoms with Crippen molar-refractivity contribution >= 4 is 22.7 Å². The number of hydrogen-bond donors (Lipinski definition) is 1. The van der Waals surface area contributed by atoms with E-state index in [4.69, 9.17) is 9.84 Å². The highest BCUT2D eigenvalue weighted by molar-refractivity contribution is 7.85. The Hall–Kier alpha value is -1.73. The van der Waals surface area contributed by atoms with Gasteiger partial charge in [0.15, 0.2) is 0 Å². The third kappa shape index (κ3) is 3.64. The highest BCUT2D eigenvalue weighted by Gasteiger charge is 2.19. The van der Waals surface area contributed by atoms with Gasteiger partial charge >= 0.3 is 5.97 Å². The van der Waals surface area contributed by atoms with Crippen molar-refractivity contribution in [2.75, 3.05) is 32.1 Å². The summed E-state index contributed by atoms with van der Waals surface area (Å²) in [6.07, 6.45) is 0. The van der Waals surface area contributed by atoms with Crippen LogP contribution in [0.4, 0.5) is 0 Å². The van der Waals surface area contributed by atoms with Crippen LogP contribution in [0.2, 0.25) is 0 Å². The Labute approximate surface area is 118 Å². The van der Waals surface area contributed by atoms with Crippen molar-refractivity contribution in [1.29, 1.82) is 0 Å². The number of ether oxygens (including phenoxy) is 1. The summed E-state index contributed by atoms with van der Waals surface area (Å²) in [7, 11) is -1.46. The van der Waals surface area contributed by atoms with Gasteiger partial charge in [0.2, 0.25) is 5.91 Å². The van der Waals surface area contributed by atoms with E-state index in [0.717, 1.165) is 0 Å². The molecule has 2 rings (SSSR count). The second-order valence-electron chi connectivity index (χ2n) is 4.31. The van der Waals surface area contributed by atoms with E-state index >= 15 is 0 Å². The van der Waals surface area contributed by atoms with Crippen LogP contribution in [0.15, 0.2) is 29.2 Å². The standard InChI is InChI=1S/C13H15NO5S/c15-12(14-5-7-19-8-6-14)9-20(18)11-3-1-10(2-4-11)13(16)17/h1-4H,5-9H2,(H,16,17). The molecule has 20 heavy (non-hydrogen) atoms. The summed E-state index contributed by atoms with van der Waals surface area (Å²) in [6.45, 7) is 2.05. The van der Waals surface area contributed by atoms with Crippen molar-refractivity contribution in [3.8, 4) is 0 Å². The van der Waals surface area contributed by atoms with Crippen LogP contribution in [0.3, 0.4) is 0 Å². The molecular formula is C13H15NO5S. The number of benzene rings is 1. The quantitative estimate of drug-likeness (QED) is 0.867. The fourth-order valence-electron chi connectivity index (χ4n) is 1.85. The zero-order valence-electron chi connectivity index (χ0n) is 10.8. The Balaban J connectivity index is 1.96. The van der Waals surface area contributed by atoms with Gasteiger partial charge in [-0.05, 0) is 24.3 Å². The van der Waals surface area contributed by atoms with Crippen LogP contribution in [-0.4, -0.2) is 58.1 Å². The monoisotopic (exact) mass is 297 g/mol. The summed E-state index contributed by atoms with van der Waals surface area (Å²) >= 11 is 0. The van der Waals surface area contributed by atoms with Gasteiger partial charge in [0.1, 0.15) is 5.75 Å². The molecule has 1 aliphatic heterocycles. The van der Waals surface area contributed by atoms with E-state index in [1.54, 1.807) is 4.90 Å². The highest BCUT2D eigenvalue weighted by Crippen LogP contribution is 2.10. The average Bonchev–Trinajstić information content (AvgIpc) is 2.48. The minimum Gasteiger partial charge on any atom is -0.478 e. The minimum atomic E-state index is -1.46. The molecule has 0 aromatic heterocycles. The molecule has 1 atom stereocenters. The summed E-state index contributed by atoms with van der Waals surface area (Å²) < 4.78 is 17.2. The second kappa shape index (κ2) is 6.62. The zero-order chi connectivity index (χ0) is 14.5. The van der Waals surface area contributed by atoms with Crippen LogP contribution in [-0.2, 0) is 20.3 Å². The molecule has 1 aromatic carbocycles. The van der Waals surface area contributed by atoms with Crippen molar-refractivity contribution in [1.82, 2.24) is 4.90 Å². The maximum Gasteiger partial charge on any atom is 0.335 e. The van der Waals surface area contributed by atoms with E-state index in [1.165, 1.54) is 24.3 Å². The molecule has 1 heterocycles. The normalized spacial score (nSPS) is 16.7. The van der Waals surface area contributed by atoms with Crippen LogP contribution in [0.5, 0.6) is 0 Å². The number of amides is 1. The van der Waals surface area contributed by atoms with Gasteiger partial charge in [-0.1, -0.05) is 0 Å². The molecule has 1 unspecified atom stereocenters. The molecule has 6 nitrogen and oxygen atoms in total. The molecule has 0 bridgehead atoms. The van der Waals surface area contributed by atoms with Crippen LogP contribution in [0.25, 0.3) is 0 Å². The van der Waals surface area contributed by atoms with Crippen LogP contribution < -0.4 is 0 Å². The molecule has 1 aromatic rings. The molecule has 1 amide bonds. The number of carbonyl (C=O) groups excluding carboxylic acids is 1. The van der Waals surface area contributed by atoms with Gasteiger partial charge in [-0.2, -0.15) is 0 Å². The fourth-order valence-corrected chi connectivity index (χ4v) is 2.86. The lowest BCUT2D eigenvalue weighted by atomic mass is 10.2. The zero-order valence-corrected chi connectivity index (χ0v) is 11.6. The molecule has 0 saturated carbocycles. The minimum absolute atomic E-state index is 0.0909. The molecule has 0 aliphatic carbocycles. The number of morpholine rings is 1. The van der Waals surface area contributed by atoms with E-state index in [2.05, 4.69) is 0 Å². The topological polar surface area (TPSA) is 83.9 Å². The fraction of sp³-hybridized carbons (Fsp3) is 0.385. The Morgan fingerprint density at radius 2 is 1.80 bits per heavy atom. The summed E-state index contributed by atoms with van der Waals surface area (Å²) in [4.78, 5) is 24.7. The first-order valence-electron chi connectivity index (χ1n) is 6.15. The lowest BCUT2D eigenvalue weighted by Crippen LogP contribution is -2.42. The molecule has 0 spiro atoms. The first-order chi connectivity index (χ1) is 9.58. The number of hydrogen-bond acceptors (Lipinski definition) is 4. The lowest BCUT2D eigenvalue weighted by Gasteiger charge is -2.26. The van der Waals surface area contributed by atoms with Crippen molar-refractivity contribution < 1.29 is 23.6 Å². The first kappa shape index (κ1) is 14.7. The highest BCUT2D eigenvalue weighted by atomic mass is 32.2. The molecule has 1 fully saturated rings. The van der Waals surface area contributed by atoms with Crippen molar-refractivity contribution in [2.45, 2.75) is 4.90 Å². The van der Waals surface area contributed by atoms with E-state index in [1.807, 2.05) is 0 Å². The smallest absolute Gasteiger partial charge is 0.335 e. The summed E-state index contributed by atoms with van der Waals surface area (Å²) in [5, 5.41) is 8.78. The first-order valence-corrected chi connectivity index (χ1v) is 7.47. The predicted octanol–water partition coefficient (Wildman–Crippen LogP) is 0.351. The van der Waals surface area contributed by atoms with E-state index in [9.17, 15) is 13.8 Å². The SMILES string of the molecule is O=C(O)c1ccc(S(=O)CC(=O)N2CCOCC2)cc1. The number of carboxylic acids is 1. The van der Waals surface area contributed by atoms with Gasteiger partial charge in [0, 0.05) is 18.0 Å². The second-order valence-corrected chi connectivity index (χ2v) is 5.76. The molecule has 0 radical (unpaired) electrons. The van der Waals surface area contributed by atoms with Gasteiger partial charge in [-0.3, -0.25) is 9.00 Å². The Kier molecular flexibility index (Phi) is 4.86. The molecule has 108 valence electrons. The number of nitrogens with zero attached hydrogens (tertiary/aromatic N) is 1. The predicted molar refractivity (Wildman–Crippen MR) is 72.1 cm³/mol. The van der Waals surface area contributed by atoms with Gasteiger partial charge in [-0.25, -0.2) is 4.79 Å². The van der Waals surface area contributed by atoms with Crippen molar-refractivity contribution in [3.63, 3.8) is 0 Å². The molecule has 1 aliphatic rings.